The maximum Gasteiger partial charge on any atom is 0.407 e. The molecule has 0 spiro atoms. The van der Waals surface area contributed by atoms with Crippen molar-refractivity contribution in [1.82, 2.24) is 4.90 Å². The Bertz CT molecular complexity index is 251. The van der Waals surface area contributed by atoms with Gasteiger partial charge in [0.15, 0.2) is 0 Å². The average Bonchev–Trinajstić information content (AvgIpc) is 2.49. The zero-order chi connectivity index (χ0) is 9.42. The van der Waals surface area contributed by atoms with Gasteiger partial charge >= 0.3 is 6.09 Å². The van der Waals surface area contributed by atoms with E-state index in [0.29, 0.717) is 25.4 Å². The van der Waals surface area contributed by atoms with Gasteiger partial charge in [0.2, 0.25) is 0 Å². The van der Waals surface area contributed by atoms with E-state index in [1.54, 1.807) is 0 Å². The van der Waals surface area contributed by atoms with Crippen LogP contribution in [0, 0.1) is 11.8 Å². The summed E-state index contributed by atoms with van der Waals surface area (Å²) in [5.74, 6) is 0.571. The number of likely N-dealkylation sites (tertiary alicyclic amines) is 1. The maximum absolute atomic E-state index is 11.4. The molecular formula is C9H13NO3. The van der Waals surface area contributed by atoms with Gasteiger partial charge in [-0.1, -0.05) is 0 Å². The van der Waals surface area contributed by atoms with E-state index in [1.807, 2.05) is 0 Å². The summed E-state index contributed by atoms with van der Waals surface area (Å²) >= 11 is 0. The molecule has 4 heteroatoms. The number of hydrogen-bond acceptors (Lipinski definition) is 2. The van der Waals surface area contributed by atoms with Crippen molar-refractivity contribution in [2.75, 3.05) is 13.1 Å². The quantitative estimate of drug-likeness (QED) is 0.608. The lowest BCUT2D eigenvalue weighted by molar-refractivity contribution is -0.125. The molecule has 0 bridgehead atoms. The van der Waals surface area contributed by atoms with Gasteiger partial charge in [-0.25, -0.2) is 4.79 Å². The first kappa shape index (κ1) is 8.53. The molecule has 0 aromatic carbocycles. The van der Waals surface area contributed by atoms with Crippen molar-refractivity contribution in [3.8, 4) is 0 Å². The normalized spacial score (nSPS) is 33.2. The zero-order valence-electron chi connectivity index (χ0n) is 7.40. The fourth-order valence-corrected chi connectivity index (χ4v) is 2.41. The van der Waals surface area contributed by atoms with Crippen LogP contribution >= 0.6 is 0 Å². The van der Waals surface area contributed by atoms with Crippen LogP contribution in [0.2, 0.25) is 0 Å². The summed E-state index contributed by atoms with van der Waals surface area (Å²) in [6.45, 7) is 0.991. The maximum atomic E-state index is 11.4. The fraction of sp³-hybridized carbons (Fsp3) is 0.778. The van der Waals surface area contributed by atoms with E-state index in [0.717, 1.165) is 12.8 Å². The monoisotopic (exact) mass is 183 g/mol. The predicted molar refractivity (Wildman–Crippen MR) is 45.4 cm³/mol. The molecule has 4 nitrogen and oxygen atoms in total. The van der Waals surface area contributed by atoms with Crippen molar-refractivity contribution >= 4 is 11.9 Å². The molecule has 72 valence electrons. The molecule has 1 saturated carbocycles. The van der Waals surface area contributed by atoms with Crippen LogP contribution in [0.1, 0.15) is 19.3 Å². The number of fused-ring (bicyclic) bond motifs is 1. The number of hydrogen-bond donors (Lipinski definition) is 1. The molecule has 2 atom stereocenters. The van der Waals surface area contributed by atoms with Gasteiger partial charge < -0.3 is 10.0 Å². The van der Waals surface area contributed by atoms with E-state index in [1.165, 1.54) is 4.90 Å². The number of Topliss-reactive ketones (excluding diaryl/α,β-unsaturated/α-hetero) is 1. The second-order valence-corrected chi connectivity index (χ2v) is 3.91. The highest BCUT2D eigenvalue weighted by Gasteiger charge is 2.40. The summed E-state index contributed by atoms with van der Waals surface area (Å²) in [5.41, 5.74) is 0. The van der Waals surface area contributed by atoms with Crippen molar-refractivity contribution in [2.24, 2.45) is 11.8 Å². The van der Waals surface area contributed by atoms with Gasteiger partial charge in [0, 0.05) is 25.4 Å². The summed E-state index contributed by atoms with van der Waals surface area (Å²) in [6, 6.07) is 0. The Morgan fingerprint density at radius 3 is 2.85 bits per heavy atom. The van der Waals surface area contributed by atoms with Crippen molar-refractivity contribution in [1.29, 1.82) is 0 Å². The van der Waals surface area contributed by atoms with Crippen LogP contribution in [0.5, 0.6) is 0 Å². The van der Waals surface area contributed by atoms with Crippen LogP contribution in [0.4, 0.5) is 4.79 Å². The topological polar surface area (TPSA) is 57.6 Å². The van der Waals surface area contributed by atoms with E-state index < -0.39 is 6.09 Å². The standard InChI is InChI=1S/C9H13NO3/c11-8-3-1-2-6-4-10(9(12)13)5-7(6)8/h6-7H,1-5H2,(H,12,13). The van der Waals surface area contributed by atoms with Gasteiger partial charge in [-0.2, -0.15) is 0 Å². The Kier molecular flexibility index (Phi) is 1.98. The number of carbonyl (C=O) groups excluding carboxylic acids is 1. The van der Waals surface area contributed by atoms with Gasteiger partial charge in [0.1, 0.15) is 5.78 Å². The summed E-state index contributed by atoms with van der Waals surface area (Å²) in [7, 11) is 0. The highest BCUT2D eigenvalue weighted by atomic mass is 16.4. The minimum Gasteiger partial charge on any atom is -0.465 e. The zero-order valence-corrected chi connectivity index (χ0v) is 7.40. The van der Waals surface area contributed by atoms with Crippen LogP contribution < -0.4 is 0 Å². The first-order valence-electron chi connectivity index (χ1n) is 4.69. The van der Waals surface area contributed by atoms with E-state index in [-0.39, 0.29) is 11.7 Å². The number of amides is 1. The molecule has 2 rings (SSSR count). The van der Waals surface area contributed by atoms with Crippen molar-refractivity contribution in [3.63, 3.8) is 0 Å². The van der Waals surface area contributed by atoms with Gasteiger partial charge in [0.25, 0.3) is 0 Å². The molecule has 0 radical (unpaired) electrons. The van der Waals surface area contributed by atoms with Crippen molar-refractivity contribution < 1.29 is 14.7 Å². The molecule has 1 saturated heterocycles. The van der Waals surface area contributed by atoms with Crippen molar-refractivity contribution in [3.05, 3.63) is 0 Å². The number of carbonyl (C=O) groups is 2. The van der Waals surface area contributed by atoms with Crippen LogP contribution in [0.25, 0.3) is 0 Å². The molecule has 1 heterocycles. The van der Waals surface area contributed by atoms with E-state index in [2.05, 4.69) is 0 Å². The Hall–Kier alpha value is -1.06. The van der Waals surface area contributed by atoms with Crippen LogP contribution in [-0.2, 0) is 4.79 Å². The van der Waals surface area contributed by atoms with Crippen LogP contribution in [0.3, 0.4) is 0 Å². The number of nitrogens with zero attached hydrogens (tertiary/aromatic N) is 1. The number of rotatable bonds is 0. The smallest absolute Gasteiger partial charge is 0.407 e. The third-order valence-electron chi connectivity index (χ3n) is 3.12. The molecule has 13 heavy (non-hydrogen) atoms. The lowest BCUT2D eigenvalue weighted by Gasteiger charge is -2.21. The molecule has 1 N–H and O–H groups in total. The molecule has 1 aliphatic heterocycles. The fourth-order valence-electron chi connectivity index (χ4n) is 2.41. The van der Waals surface area contributed by atoms with Gasteiger partial charge in [-0.15, -0.1) is 0 Å². The Morgan fingerprint density at radius 2 is 2.23 bits per heavy atom. The summed E-state index contributed by atoms with van der Waals surface area (Å²) in [4.78, 5) is 23.5. The van der Waals surface area contributed by atoms with E-state index in [4.69, 9.17) is 5.11 Å². The second kappa shape index (κ2) is 3.01. The number of ketones is 1. The molecule has 1 amide bonds. The number of carboxylic acid groups (broad SMARTS) is 1. The summed E-state index contributed by atoms with van der Waals surface area (Å²) < 4.78 is 0. The molecule has 1 aliphatic carbocycles. The molecule has 2 fully saturated rings. The lowest BCUT2D eigenvalue weighted by atomic mass is 9.81. The minimum atomic E-state index is -0.887. The molecule has 0 aromatic heterocycles. The SMILES string of the molecule is O=C1CCCC2CN(C(=O)O)CC12. The van der Waals surface area contributed by atoms with E-state index >= 15 is 0 Å². The molecular weight excluding hydrogens is 170 g/mol. The van der Waals surface area contributed by atoms with Gasteiger partial charge in [-0.05, 0) is 18.8 Å². The highest BCUT2D eigenvalue weighted by Crippen LogP contribution is 2.33. The molecule has 2 aliphatic rings. The lowest BCUT2D eigenvalue weighted by Crippen LogP contribution is -2.28. The predicted octanol–water partition coefficient (Wildman–Crippen LogP) is 0.965. The van der Waals surface area contributed by atoms with Crippen LogP contribution in [-0.4, -0.2) is 35.0 Å². The minimum absolute atomic E-state index is 0.00449. The third-order valence-corrected chi connectivity index (χ3v) is 3.12. The molecule has 2 unspecified atom stereocenters. The second-order valence-electron chi connectivity index (χ2n) is 3.91. The average molecular weight is 183 g/mol. The Labute approximate surface area is 76.5 Å². The summed E-state index contributed by atoms with van der Waals surface area (Å²) in [5, 5.41) is 8.76. The first-order chi connectivity index (χ1) is 6.18. The van der Waals surface area contributed by atoms with Crippen molar-refractivity contribution in [2.45, 2.75) is 19.3 Å². The highest BCUT2D eigenvalue weighted by molar-refractivity contribution is 5.83. The Balaban J connectivity index is 2.08. The first-order valence-corrected chi connectivity index (χ1v) is 4.69. The molecule has 0 aromatic rings. The van der Waals surface area contributed by atoms with Gasteiger partial charge in [-0.3, -0.25) is 4.79 Å². The largest absolute Gasteiger partial charge is 0.465 e. The van der Waals surface area contributed by atoms with E-state index in [9.17, 15) is 9.59 Å². The summed E-state index contributed by atoms with van der Waals surface area (Å²) in [6.07, 6.45) is 1.71. The van der Waals surface area contributed by atoms with Gasteiger partial charge in [0.05, 0.1) is 0 Å². The third kappa shape index (κ3) is 1.41. The Morgan fingerprint density at radius 1 is 1.46 bits per heavy atom. The van der Waals surface area contributed by atoms with Crippen LogP contribution in [0.15, 0.2) is 0 Å².